The fourth-order valence-electron chi connectivity index (χ4n) is 3.35. The van der Waals surface area contributed by atoms with Crippen LogP contribution in [0, 0.1) is 0 Å². The van der Waals surface area contributed by atoms with Crippen molar-refractivity contribution in [2.24, 2.45) is 0 Å². The number of hydrogen-bond acceptors (Lipinski definition) is 11. The van der Waals surface area contributed by atoms with Crippen LogP contribution in [0.1, 0.15) is 49.3 Å². The Hall–Kier alpha value is -3.65. The van der Waals surface area contributed by atoms with E-state index in [9.17, 15) is 19.4 Å². The summed E-state index contributed by atoms with van der Waals surface area (Å²) in [5, 5.41) is 24.4. The third-order valence-corrected chi connectivity index (χ3v) is 4.97. The van der Waals surface area contributed by atoms with E-state index in [1.807, 2.05) is 13.8 Å². The van der Waals surface area contributed by atoms with Crippen molar-refractivity contribution >= 4 is 25.2 Å². The monoisotopic (exact) mass is 503 g/mol. The zero-order chi connectivity index (χ0) is 26.2. The molecule has 0 saturated heterocycles. The summed E-state index contributed by atoms with van der Waals surface area (Å²) in [7, 11) is -1.41. The Morgan fingerprint density at radius 1 is 1.25 bits per heavy atom. The molecular weight excluding hydrogens is 473 g/mol. The molecule has 1 atom stereocenters. The van der Waals surface area contributed by atoms with Crippen LogP contribution in [0.4, 0.5) is 4.79 Å². The first-order chi connectivity index (χ1) is 17.1. The first-order valence-corrected chi connectivity index (χ1v) is 11.5. The molecule has 13 nitrogen and oxygen atoms in total. The molecular formula is C22H30BN5O8. The molecule has 0 aliphatic carbocycles. The van der Waals surface area contributed by atoms with Crippen LogP contribution in [-0.4, -0.2) is 70.0 Å². The smallest absolute Gasteiger partial charge is 0.534 e. The summed E-state index contributed by atoms with van der Waals surface area (Å²) in [6, 6.07) is 5.07. The highest BCUT2D eigenvalue weighted by atomic mass is 16.8. The molecule has 1 aromatic heterocycles. The van der Waals surface area contributed by atoms with Gasteiger partial charge in [0.1, 0.15) is 17.9 Å². The fraction of sp³-hybridized carbons (Fsp3) is 0.500. The van der Waals surface area contributed by atoms with Gasteiger partial charge in [0.2, 0.25) is 12.7 Å². The maximum Gasteiger partial charge on any atom is 0.547 e. The Labute approximate surface area is 208 Å². The average Bonchev–Trinajstić information content (AvgIpc) is 3.24. The highest BCUT2D eigenvalue weighted by molar-refractivity contribution is 6.47. The number of aromatic nitrogens is 3. The maximum atomic E-state index is 12.5. The van der Waals surface area contributed by atoms with Crippen LogP contribution in [0.5, 0.6) is 5.75 Å². The number of amides is 1. The Balaban J connectivity index is 1.55. The van der Waals surface area contributed by atoms with E-state index in [2.05, 4.69) is 25.7 Å². The van der Waals surface area contributed by atoms with Crippen LogP contribution in [0.2, 0.25) is 0 Å². The molecule has 1 aromatic carbocycles. The molecule has 0 saturated carbocycles. The van der Waals surface area contributed by atoms with Gasteiger partial charge in [0, 0.05) is 12.6 Å². The number of para-hydroxylation sites is 1. The van der Waals surface area contributed by atoms with Crippen molar-refractivity contribution < 1.29 is 38.3 Å². The lowest BCUT2D eigenvalue weighted by molar-refractivity contribution is -0.122. The molecule has 0 radical (unpaired) electrons. The molecule has 1 amide bonds. The van der Waals surface area contributed by atoms with Crippen LogP contribution in [-0.2, 0) is 38.5 Å². The molecule has 3 rings (SSSR count). The number of hydrogen-bond donors (Lipinski definition) is 3. The maximum absolute atomic E-state index is 12.5. The zero-order valence-corrected chi connectivity index (χ0v) is 20.6. The predicted octanol–water partition coefficient (Wildman–Crippen LogP) is 0.592. The second kappa shape index (κ2) is 12.4. The highest BCUT2D eigenvalue weighted by Crippen LogP contribution is 2.30. The van der Waals surface area contributed by atoms with Crippen molar-refractivity contribution in [2.45, 2.75) is 65.3 Å². The van der Waals surface area contributed by atoms with Crippen LogP contribution in [0.25, 0.3) is 0 Å². The van der Waals surface area contributed by atoms with E-state index in [1.165, 1.54) is 10.7 Å². The summed E-state index contributed by atoms with van der Waals surface area (Å²) in [4.78, 5) is 36.4. The first kappa shape index (κ1) is 27.0. The van der Waals surface area contributed by atoms with Crippen molar-refractivity contribution in [3.63, 3.8) is 0 Å². The normalized spacial score (nSPS) is 14.8. The SMILES string of the molecule is CC(C)NCc1cn(CC(=O)N[C@H]2Cc3cccc(C(=O)OCOC(=O)OC(C)C)c3OB2O)nn1. The molecule has 36 heavy (non-hydrogen) atoms. The first-order valence-electron chi connectivity index (χ1n) is 11.5. The standard InChI is InChI=1S/C22H30BN5O8/c1-13(2)24-9-16-10-28(27-26-16)11-19(29)25-18-8-15-6-5-7-17(20(15)36-23(18)32)21(30)33-12-34-22(31)35-14(3)4/h5-7,10,13-14,18,24,32H,8-9,11-12H2,1-4H3,(H,25,29)/t18-/m0/s1. The van der Waals surface area contributed by atoms with Gasteiger partial charge in [-0.3, -0.25) is 4.79 Å². The number of carbonyl (C=O) groups is 3. The second-order valence-electron chi connectivity index (χ2n) is 8.73. The molecule has 0 fully saturated rings. The van der Waals surface area contributed by atoms with Crippen molar-refractivity contribution in [1.82, 2.24) is 25.6 Å². The summed E-state index contributed by atoms with van der Waals surface area (Å²) >= 11 is 0. The largest absolute Gasteiger partial charge is 0.547 e. The molecule has 0 unspecified atom stereocenters. The van der Waals surface area contributed by atoms with Crippen molar-refractivity contribution in [2.75, 3.05) is 6.79 Å². The molecule has 0 spiro atoms. The summed E-state index contributed by atoms with van der Waals surface area (Å²) in [6.45, 7) is 7.13. The van der Waals surface area contributed by atoms with E-state index >= 15 is 0 Å². The number of carbonyl (C=O) groups excluding carboxylic acids is 3. The van der Waals surface area contributed by atoms with Crippen molar-refractivity contribution in [3.05, 3.63) is 41.2 Å². The van der Waals surface area contributed by atoms with E-state index in [-0.39, 0.29) is 36.3 Å². The molecule has 0 bridgehead atoms. The average molecular weight is 503 g/mol. The van der Waals surface area contributed by atoms with Gasteiger partial charge in [0.25, 0.3) is 0 Å². The lowest BCUT2D eigenvalue weighted by Crippen LogP contribution is -2.53. The van der Waals surface area contributed by atoms with Gasteiger partial charge >= 0.3 is 19.2 Å². The van der Waals surface area contributed by atoms with Crippen molar-refractivity contribution in [3.8, 4) is 5.75 Å². The lowest BCUT2D eigenvalue weighted by atomic mass is 9.72. The minimum Gasteiger partial charge on any atom is -0.534 e. The van der Waals surface area contributed by atoms with Gasteiger partial charge in [0.05, 0.1) is 23.9 Å². The van der Waals surface area contributed by atoms with Gasteiger partial charge < -0.3 is 34.5 Å². The van der Waals surface area contributed by atoms with Gasteiger partial charge in [-0.2, -0.15) is 0 Å². The third-order valence-electron chi connectivity index (χ3n) is 4.97. The number of nitrogens with zero attached hydrogens (tertiary/aromatic N) is 3. The third kappa shape index (κ3) is 7.68. The molecule has 2 heterocycles. The Morgan fingerprint density at radius 2 is 2.03 bits per heavy atom. The van der Waals surface area contributed by atoms with Crippen LogP contribution < -0.4 is 15.3 Å². The topological polar surface area (TPSA) is 163 Å². The Kier molecular flexibility index (Phi) is 9.25. The molecule has 1 aliphatic rings. The highest BCUT2D eigenvalue weighted by Gasteiger charge is 2.38. The van der Waals surface area contributed by atoms with Crippen LogP contribution in [0.3, 0.4) is 0 Å². The number of rotatable bonds is 10. The number of nitrogens with one attached hydrogen (secondary N) is 2. The van der Waals surface area contributed by atoms with Gasteiger partial charge in [0.15, 0.2) is 0 Å². The molecule has 3 N–H and O–H groups in total. The molecule has 2 aromatic rings. The molecule has 14 heteroatoms. The van der Waals surface area contributed by atoms with Gasteiger partial charge in [-0.05, 0) is 31.9 Å². The Morgan fingerprint density at radius 3 is 2.75 bits per heavy atom. The number of benzene rings is 1. The summed E-state index contributed by atoms with van der Waals surface area (Å²) in [6.07, 6.45) is 0.537. The van der Waals surface area contributed by atoms with E-state index in [0.717, 1.165) is 0 Å². The van der Waals surface area contributed by atoms with Crippen LogP contribution in [0.15, 0.2) is 24.4 Å². The molecule has 194 valence electrons. The van der Waals surface area contributed by atoms with E-state index in [4.69, 9.17) is 14.1 Å². The van der Waals surface area contributed by atoms with Crippen LogP contribution >= 0.6 is 0 Å². The fourth-order valence-corrected chi connectivity index (χ4v) is 3.35. The Bertz CT molecular complexity index is 1080. The summed E-state index contributed by atoms with van der Waals surface area (Å²) in [5.41, 5.74) is 1.33. The number of fused-ring (bicyclic) bond motifs is 1. The quantitative estimate of drug-likeness (QED) is 0.236. The summed E-state index contributed by atoms with van der Waals surface area (Å²) in [5.74, 6) is -1.83. The van der Waals surface area contributed by atoms with E-state index in [0.29, 0.717) is 23.8 Å². The molecule has 1 aliphatic heterocycles. The van der Waals surface area contributed by atoms with Gasteiger partial charge in [-0.15, -0.1) is 5.10 Å². The van der Waals surface area contributed by atoms with Crippen molar-refractivity contribution in [1.29, 1.82) is 0 Å². The number of esters is 1. The van der Waals surface area contributed by atoms with E-state index in [1.54, 1.807) is 32.2 Å². The number of ether oxygens (including phenoxy) is 3. The lowest BCUT2D eigenvalue weighted by Gasteiger charge is -2.29. The van der Waals surface area contributed by atoms with Gasteiger partial charge in [-0.1, -0.05) is 31.2 Å². The minimum absolute atomic E-state index is 0.0438. The second-order valence-corrected chi connectivity index (χ2v) is 8.73. The van der Waals surface area contributed by atoms with Gasteiger partial charge in [-0.25, -0.2) is 14.3 Å². The zero-order valence-electron chi connectivity index (χ0n) is 20.6. The van der Waals surface area contributed by atoms with E-state index < -0.39 is 32.0 Å². The summed E-state index contributed by atoms with van der Waals surface area (Å²) < 4.78 is 21.4. The minimum atomic E-state index is -1.41. The predicted molar refractivity (Wildman–Crippen MR) is 126 cm³/mol.